The van der Waals surface area contributed by atoms with Crippen LogP contribution in [0, 0.1) is 0 Å². The van der Waals surface area contributed by atoms with Gasteiger partial charge in [-0.15, -0.1) is 20.4 Å². The Labute approximate surface area is 86.8 Å². The van der Waals surface area contributed by atoms with Crippen LogP contribution >= 0.6 is 0 Å². The van der Waals surface area contributed by atoms with E-state index in [0.29, 0.717) is 5.82 Å². The van der Waals surface area contributed by atoms with Gasteiger partial charge in [0.15, 0.2) is 0 Å². The normalized spacial score (nSPS) is 12.4. The molecule has 0 bridgehead atoms. The van der Waals surface area contributed by atoms with Crippen LogP contribution in [-0.4, -0.2) is 25.5 Å². The lowest BCUT2D eigenvalue weighted by Gasteiger charge is -2.01. The van der Waals surface area contributed by atoms with Crippen molar-refractivity contribution in [2.75, 3.05) is 0 Å². The summed E-state index contributed by atoms with van der Waals surface area (Å²) in [5, 5.41) is 24.5. The third-order valence-corrected chi connectivity index (χ3v) is 1.90. The maximum Gasteiger partial charge on any atom is 0.203 e. The summed E-state index contributed by atoms with van der Waals surface area (Å²) in [5.41, 5.74) is 0.856. The van der Waals surface area contributed by atoms with Gasteiger partial charge in [0.2, 0.25) is 11.6 Å². The zero-order chi connectivity index (χ0) is 10.7. The number of benzene rings is 1. The predicted molar refractivity (Wildman–Crippen MR) is 53.7 cm³/mol. The maximum atomic E-state index is 9.18. The summed E-state index contributed by atoms with van der Waals surface area (Å²) in [7, 11) is 0. The molecule has 76 valence electrons. The molecular weight excluding hydrogens is 192 g/mol. The molecule has 0 spiro atoms. The molecule has 1 N–H and O–H groups in total. The monoisotopic (exact) mass is 202 g/mol. The minimum absolute atomic E-state index is 0.231. The largest absolute Gasteiger partial charge is 0.385 e. The molecule has 5 heteroatoms. The predicted octanol–water partition coefficient (Wildman–Crippen LogP) is 0.987. The zero-order valence-corrected chi connectivity index (χ0v) is 8.20. The van der Waals surface area contributed by atoms with Gasteiger partial charge >= 0.3 is 0 Å². The fourth-order valence-electron chi connectivity index (χ4n) is 1.11. The van der Waals surface area contributed by atoms with E-state index in [-0.39, 0.29) is 5.82 Å². The van der Waals surface area contributed by atoms with E-state index in [0.717, 1.165) is 5.56 Å². The van der Waals surface area contributed by atoms with Gasteiger partial charge in [-0.1, -0.05) is 30.3 Å². The van der Waals surface area contributed by atoms with Crippen LogP contribution in [0.4, 0.5) is 0 Å². The van der Waals surface area contributed by atoms with E-state index in [4.69, 9.17) is 0 Å². The topological polar surface area (TPSA) is 71.8 Å². The Hall–Kier alpha value is -1.88. The summed E-state index contributed by atoms with van der Waals surface area (Å²) in [6, 6.07) is 9.44. The van der Waals surface area contributed by atoms with Crippen LogP contribution < -0.4 is 0 Å². The molecule has 0 radical (unpaired) electrons. The third-order valence-electron chi connectivity index (χ3n) is 1.90. The number of nitrogens with zero attached hydrogens (tertiary/aromatic N) is 4. The highest BCUT2D eigenvalue weighted by Gasteiger charge is 2.07. The van der Waals surface area contributed by atoms with E-state index in [1.807, 2.05) is 30.3 Å². The van der Waals surface area contributed by atoms with Crippen LogP contribution in [-0.2, 0) is 0 Å². The second-order valence-electron chi connectivity index (χ2n) is 3.12. The number of aliphatic hydroxyl groups is 1. The van der Waals surface area contributed by atoms with Crippen molar-refractivity contribution in [1.29, 1.82) is 0 Å². The van der Waals surface area contributed by atoms with Crippen molar-refractivity contribution < 1.29 is 5.11 Å². The average Bonchev–Trinajstić information content (AvgIpc) is 2.30. The van der Waals surface area contributed by atoms with Crippen molar-refractivity contribution in [3.05, 3.63) is 36.2 Å². The van der Waals surface area contributed by atoms with Crippen LogP contribution in [0.1, 0.15) is 18.9 Å². The Morgan fingerprint density at radius 1 is 1.00 bits per heavy atom. The highest BCUT2D eigenvalue weighted by atomic mass is 16.3. The number of rotatable bonds is 2. The van der Waals surface area contributed by atoms with Crippen molar-refractivity contribution >= 4 is 0 Å². The molecule has 0 aliphatic heterocycles. The Kier molecular flexibility index (Phi) is 2.64. The summed E-state index contributed by atoms with van der Waals surface area (Å²) >= 11 is 0. The van der Waals surface area contributed by atoms with Crippen LogP contribution in [0.15, 0.2) is 30.3 Å². The third kappa shape index (κ3) is 2.13. The summed E-state index contributed by atoms with van der Waals surface area (Å²) in [6.07, 6.45) is -0.741. The SMILES string of the molecule is CC(O)c1nnc(-c2ccccc2)nn1. The van der Waals surface area contributed by atoms with Gasteiger partial charge in [-0.05, 0) is 6.92 Å². The first kappa shape index (κ1) is 9.67. The van der Waals surface area contributed by atoms with Gasteiger partial charge in [-0.25, -0.2) is 0 Å². The highest BCUT2D eigenvalue weighted by Crippen LogP contribution is 2.12. The van der Waals surface area contributed by atoms with Crippen LogP contribution in [0.2, 0.25) is 0 Å². The Morgan fingerprint density at radius 3 is 2.13 bits per heavy atom. The molecule has 15 heavy (non-hydrogen) atoms. The summed E-state index contributed by atoms with van der Waals surface area (Å²) in [4.78, 5) is 0. The average molecular weight is 202 g/mol. The van der Waals surface area contributed by atoms with Gasteiger partial charge in [-0.2, -0.15) is 0 Å². The Bertz CT molecular complexity index is 427. The molecule has 1 atom stereocenters. The van der Waals surface area contributed by atoms with Gasteiger partial charge in [0, 0.05) is 5.56 Å². The second-order valence-corrected chi connectivity index (χ2v) is 3.12. The molecule has 1 heterocycles. The quantitative estimate of drug-likeness (QED) is 0.786. The highest BCUT2D eigenvalue weighted by molar-refractivity contribution is 5.52. The molecule has 5 nitrogen and oxygen atoms in total. The van der Waals surface area contributed by atoms with Gasteiger partial charge < -0.3 is 5.11 Å². The molecule has 0 aliphatic rings. The fourth-order valence-corrected chi connectivity index (χ4v) is 1.11. The minimum atomic E-state index is -0.741. The first-order valence-corrected chi connectivity index (χ1v) is 4.58. The molecule has 1 aromatic carbocycles. The van der Waals surface area contributed by atoms with E-state index < -0.39 is 6.10 Å². The zero-order valence-electron chi connectivity index (χ0n) is 8.20. The molecule has 0 amide bonds. The van der Waals surface area contributed by atoms with Gasteiger partial charge in [-0.3, -0.25) is 0 Å². The van der Waals surface area contributed by atoms with Gasteiger partial charge in [0.1, 0.15) is 6.10 Å². The van der Waals surface area contributed by atoms with Crippen molar-refractivity contribution in [3.8, 4) is 11.4 Å². The molecule has 0 fully saturated rings. The molecule has 0 aliphatic carbocycles. The smallest absolute Gasteiger partial charge is 0.203 e. The second kappa shape index (κ2) is 4.10. The van der Waals surface area contributed by atoms with Crippen molar-refractivity contribution in [2.45, 2.75) is 13.0 Å². The number of aromatic nitrogens is 4. The van der Waals surface area contributed by atoms with E-state index >= 15 is 0 Å². The number of aliphatic hydroxyl groups excluding tert-OH is 1. The maximum absolute atomic E-state index is 9.18. The molecule has 0 saturated heterocycles. The van der Waals surface area contributed by atoms with E-state index in [9.17, 15) is 5.11 Å². The molecule has 2 aromatic rings. The van der Waals surface area contributed by atoms with Crippen molar-refractivity contribution in [2.24, 2.45) is 0 Å². The van der Waals surface area contributed by atoms with Crippen LogP contribution in [0.5, 0.6) is 0 Å². The standard InChI is InChI=1S/C10H10N4O/c1-7(15)9-11-13-10(14-12-9)8-5-3-2-4-6-8/h2-7,15H,1H3. The first-order chi connectivity index (χ1) is 7.27. The number of hydrogen-bond acceptors (Lipinski definition) is 5. The summed E-state index contributed by atoms with van der Waals surface area (Å²) in [6.45, 7) is 1.57. The van der Waals surface area contributed by atoms with Gasteiger partial charge in [0.05, 0.1) is 0 Å². The number of hydrogen-bond donors (Lipinski definition) is 1. The van der Waals surface area contributed by atoms with Gasteiger partial charge in [0.25, 0.3) is 0 Å². The fraction of sp³-hybridized carbons (Fsp3) is 0.200. The minimum Gasteiger partial charge on any atom is -0.385 e. The van der Waals surface area contributed by atoms with E-state index in [2.05, 4.69) is 20.4 Å². The lowest BCUT2D eigenvalue weighted by molar-refractivity contribution is 0.185. The summed E-state index contributed by atoms with van der Waals surface area (Å²) in [5.74, 6) is 0.690. The molecule has 0 saturated carbocycles. The molecule has 2 rings (SSSR count). The lowest BCUT2D eigenvalue weighted by Crippen LogP contribution is -2.05. The Balaban J connectivity index is 2.32. The first-order valence-electron chi connectivity index (χ1n) is 4.58. The van der Waals surface area contributed by atoms with Crippen LogP contribution in [0.25, 0.3) is 11.4 Å². The molecule has 1 aromatic heterocycles. The Morgan fingerprint density at radius 2 is 1.60 bits per heavy atom. The van der Waals surface area contributed by atoms with Crippen molar-refractivity contribution in [1.82, 2.24) is 20.4 Å². The van der Waals surface area contributed by atoms with E-state index in [1.165, 1.54) is 0 Å². The lowest BCUT2D eigenvalue weighted by atomic mass is 10.2. The van der Waals surface area contributed by atoms with Crippen LogP contribution in [0.3, 0.4) is 0 Å². The molecular formula is C10H10N4O. The van der Waals surface area contributed by atoms with Crippen molar-refractivity contribution in [3.63, 3.8) is 0 Å². The summed E-state index contributed by atoms with van der Waals surface area (Å²) < 4.78 is 0. The van der Waals surface area contributed by atoms with E-state index in [1.54, 1.807) is 6.92 Å². The molecule has 1 unspecified atom stereocenters.